The molecule has 2 rings (SSSR count). The third kappa shape index (κ3) is 1.69. The molecule has 0 fully saturated rings. The zero-order chi connectivity index (χ0) is 9.10. The van der Waals surface area contributed by atoms with Crippen LogP contribution in [-0.4, -0.2) is 15.0 Å². The van der Waals surface area contributed by atoms with E-state index in [1.807, 2.05) is 36.1 Å². The predicted octanol–water partition coefficient (Wildman–Crippen LogP) is 0.923. The summed E-state index contributed by atoms with van der Waals surface area (Å²) >= 11 is 0. The summed E-state index contributed by atoms with van der Waals surface area (Å²) in [6.45, 7) is 2.48. The number of rotatable bonds is 3. The molecule has 0 aromatic carbocycles. The van der Waals surface area contributed by atoms with Crippen LogP contribution in [0.15, 0.2) is 29.2 Å². The second-order valence-corrected chi connectivity index (χ2v) is 2.72. The second-order valence-electron chi connectivity index (χ2n) is 2.72. The van der Waals surface area contributed by atoms with Gasteiger partial charge in [0.2, 0.25) is 0 Å². The number of aryl methyl sites for hydroxylation is 1. The van der Waals surface area contributed by atoms with Gasteiger partial charge in [-0.05, 0) is 19.1 Å². The van der Waals surface area contributed by atoms with E-state index >= 15 is 0 Å². The number of aromatic nitrogens is 3. The van der Waals surface area contributed by atoms with Crippen molar-refractivity contribution in [3.8, 4) is 0 Å². The molecule has 0 atom stereocenters. The minimum Gasteiger partial charge on any atom is -0.320 e. The van der Waals surface area contributed by atoms with Gasteiger partial charge in [-0.1, -0.05) is 10.3 Å². The largest absolute Gasteiger partial charge is 0.320 e. The standard InChI is InChI=1S/C8H10N4O/c1-7-8(11-13-10-7)6-9-12-4-2-3-5-12/h2-5,9H,6H2,1H3. The summed E-state index contributed by atoms with van der Waals surface area (Å²) in [4.78, 5) is 0. The minimum absolute atomic E-state index is 0.615. The Morgan fingerprint density at radius 3 is 2.77 bits per heavy atom. The van der Waals surface area contributed by atoms with E-state index in [1.165, 1.54) is 0 Å². The summed E-state index contributed by atoms with van der Waals surface area (Å²) in [6, 6.07) is 3.89. The van der Waals surface area contributed by atoms with Gasteiger partial charge in [-0.15, -0.1) is 0 Å². The predicted molar refractivity (Wildman–Crippen MR) is 46.5 cm³/mol. The Morgan fingerprint density at radius 1 is 1.38 bits per heavy atom. The Bertz CT molecular complexity index is 365. The van der Waals surface area contributed by atoms with Crippen LogP contribution in [0, 0.1) is 6.92 Å². The van der Waals surface area contributed by atoms with Crippen molar-refractivity contribution in [2.45, 2.75) is 13.5 Å². The first kappa shape index (κ1) is 7.85. The molecule has 0 radical (unpaired) electrons. The molecule has 0 amide bonds. The van der Waals surface area contributed by atoms with Crippen LogP contribution in [0.4, 0.5) is 0 Å². The molecule has 0 bridgehead atoms. The van der Waals surface area contributed by atoms with Gasteiger partial charge in [-0.2, -0.15) is 0 Å². The van der Waals surface area contributed by atoms with Crippen LogP contribution in [0.5, 0.6) is 0 Å². The van der Waals surface area contributed by atoms with Crippen LogP contribution in [0.25, 0.3) is 0 Å². The number of nitrogens with one attached hydrogen (secondary N) is 1. The van der Waals surface area contributed by atoms with Crippen molar-refractivity contribution in [3.63, 3.8) is 0 Å². The third-order valence-electron chi connectivity index (χ3n) is 1.78. The summed E-state index contributed by atoms with van der Waals surface area (Å²) in [5, 5.41) is 7.43. The van der Waals surface area contributed by atoms with Crippen molar-refractivity contribution in [2.24, 2.45) is 0 Å². The van der Waals surface area contributed by atoms with E-state index in [-0.39, 0.29) is 0 Å². The average Bonchev–Trinajstić information content (AvgIpc) is 2.72. The van der Waals surface area contributed by atoms with Gasteiger partial charge < -0.3 is 5.43 Å². The molecule has 0 spiro atoms. The molecule has 2 aromatic heterocycles. The molecular weight excluding hydrogens is 168 g/mol. The maximum atomic E-state index is 4.57. The van der Waals surface area contributed by atoms with Crippen molar-refractivity contribution in [1.29, 1.82) is 0 Å². The number of hydrogen-bond donors (Lipinski definition) is 1. The summed E-state index contributed by atoms with van der Waals surface area (Å²) in [5.41, 5.74) is 4.77. The van der Waals surface area contributed by atoms with Crippen LogP contribution < -0.4 is 5.43 Å². The molecular formula is C8H10N4O. The van der Waals surface area contributed by atoms with E-state index < -0.39 is 0 Å². The first-order valence-electron chi connectivity index (χ1n) is 4.01. The highest BCUT2D eigenvalue weighted by Gasteiger charge is 2.03. The molecule has 0 aliphatic carbocycles. The van der Waals surface area contributed by atoms with Gasteiger partial charge in [0.05, 0.1) is 6.54 Å². The Labute approximate surface area is 75.3 Å². The quantitative estimate of drug-likeness (QED) is 0.759. The highest BCUT2D eigenvalue weighted by Crippen LogP contribution is 2.00. The van der Waals surface area contributed by atoms with Gasteiger partial charge >= 0.3 is 0 Å². The third-order valence-corrected chi connectivity index (χ3v) is 1.78. The summed E-state index contributed by atoms with van der Waals surface area (Å²) < 4.78 is 6.42. The second kappa shape index (κ2) is 3.30. The van der Waals surface area contributed by atoms with Gasteiger partial charge in [-0.3, -0.25) is 4.68 Å². The van der Waals surface area contributed by atoms with Crippen LogP contribution >= 0.6 is 0 Å². The fourth-order valence-electron chi connectivity index (χ4n) is 1.02. The normalized spacial score (nSPS) is 10.2. The van der Waals surface area contributed by atoms with E-state index in [0.29, 0.717) is 6.54 Å². The number of nitrogens with zero attached hydrogens (tertiary/aromatic N) is 3. The minimum atomic E-state index is 0.615. The Balaban J connectivity index is 1.97. The fourth-order valence-corrected chi connectivity index (χ4v) is 1.02. The lowest BCUT2D eigenvalue weighted by Crippen LogP contribution is -2.12. The lowest BCUT2D eigenvalue weighted by Gasteiger charge is -2.03. The maximum Gasteiger partial charge on any atom is 0.128 e. The Morgan fingerprint density at radius 2 is 2.15 bits per heavy atom. The molecule has 2 aromatic rings. The van der Waals surface area contributed by atoms with Gasteiger partial charge in [0, 0.05) is 12.4 Å². The van der Waals surface area contributed by atoms with Crippen LogP contribution in [0.1, 0.15) is 11.4 Å². The summed E-state index contributed by atoms with van der Waals surface area (Å²) in [5.74, 6) is 0. The first-order chi connectivity index (χ1) is 6.36. The topological polar surface area (TPSA) is 55.9 Å². The van der Waals surface area contributed by atoms with E-state index in [4.69, 9.17) is 0 Å². The van der Waals surface area contributed by atoms with E-state index in [9.17, 15) is 0 Å². The van der Waals surface area contributed by atoms with E-state index in [0.717, 1.165) is 11.4 Å². The molecule has 1 N–H and O–H groups in total. The van der Waals surface area contributed by atoms with Crippen molar-refractivity contribution in [2.75, 3.05) is 5.43 Å². The molecule has 5 heteroatoms. The van der Waals surface area contributed by atoms with Gasteiger partial charge in [0.15, 0.2) is 0 Å². The van der Waals surface area contributed by atoms with Gasteiger partial charge in [0.1, 0.15) is 11.4 Å². The van der Waals surface area contributed by atoms with Crippen LogP contribution in [0.2, 0.25) is 0 Å². The number of hydrogen-bond acceptors (Lipinski definition) is 4. The van der Waals surface area contributed by atoms with Crippen molar-refractivity contribution >= 4 is 0 Å². The summed E-state index contributed by atoms with van der Waals surface area (Å²) in [7, 11) is 0. The molecule has 13 heavy (non-hydrogen) atoms. The fraction of sp³-hybridized carbons (Fsp3) is 0.250. The van der Waals surface area contributed by atoms with Gasteiger partial charge in [-0.25, -0.2) is 4.63 Å². The van der Waals surface area contributed by atoms with Crippen LogP contribution in [-0.2, 0) is 6.54 Å². The van der Waals surface area contributed by atoms with Crippen molar-refractivity contribution in [3.05, 3.63) is 35.9 Å². The smallest absolute Gasteiger partial charge is 0.128 e. The molecule has 0 saturated heterocycles. The monoisotopic (exact) mass is 178 g/mol. The highest BCUT2D eigenvalue weighted by atomic mass is 16.6. The molecule has 0 unspecified atom stereocenters. The summed E-state index contributed by atoms with van der Waals surface area (Å²) in [6.07, 6.45) is 3.84. The lowest BCUT2D eigenvalue weighted by atomic mass is 10.3. The first-order valence-corrected chi connectivity index (χ1v) is 4.01. The zero-order valence-electron chi connectivity index (χ0n) is 7.27. The van der Waals surface area contributed by atoms with Crippen molar-refractivity contribution in [1.82, 2.24) is 15.0 Å². The average molecular weight is 178 g/mol. The molecule has 2 heterocycles. The molecule has 5 nitrogen and oxygen atoms in total. The SMILES string of the molecule is Cc1nonc1CNn1cccc1. The Hall–Kier alpha value is -1.78. The van der Waals surface area contributed by atoms with Gasteiger partial charge in [0.25, 0.3) is 0 Å². The molecule has 0 aliphatic heterocycles. The van der Waals surface area contributed by atoms with Crippen LogP contribution in [0.3, 0.4) is 0 Å². The molecule has 68 valence electrons. The molecule has 0 aliphatic rings. The highest BCUT2D eigenvalue weighted by molar-refractivity contribution is 5.06. The molecule has 0 saturated carbocycles. The van der Waals surface area contributed by atoms with E-state index in [1.54, 1.807) is 0 Å². The van der Waals surface area contributed by atoms with Crippen molar-refractivity contribution < 1.29 is 4.63 Å². The maximum absolute atomic E-state index is 4.57. The van der Waals surface area contributed by atoms with E-state index in [2.05, 4.69) is 20.4 Å². The lowest BCUT2D eigenvalue weighted by molar-refractivity contribution is 0.301. The zero-order valence-corrected chi connectivity index (χ0v) is 7.27. The Kier molecular flexibility index (Phi) is 1.99.